The third kappa shape index (κ3) is 9.46. The molecule has 0 aliphatic carbocycles. The van der Waals surface area contributed by atoms with Crippen LogP contribution in [0, 0.1) is 22.6 Å². The predicted octanol–water partition coefficient (Wildman–Crippen LogP) is 4.99. The predicted molar refractivity (Wildman–Crippen MR) is 252 cm³/mol. The van der Waals surface area contributed by atoms with Crippen LogP contribution in [-0.2, 0) is 19.2 Å². The molecule has 68 heavy (non-hydrogen) atoms. The maximum Gasteiger partial charge on any atom is 0.249 e. The number of nitrogens with zero attached hydrogens (tertiary/aromatic N) is 10. The Morgan fingerprint density at radius 1 is 0.941 bits per heavy atom. The Labute approximate surface area is 393 Å². The van der Waals surface area contributed by atoms with Crippen molar-refractivity contribution in [3.8, 4) is 28.6 Å². The van der Waals surface area contributed by atoms with Crippen LogP contribution in [0.1, 0.15) is 96.6 Å². The lowest BCUT2D eigenvalue weighted by Gasteiger charge is -2.41. The highest BCUT2D eigenvalue weighted by atomic mass is 19.1. The number of hydrogen-bond acceptors (Lipinski definition) is 13. The van der Waals surface area contributed by atoms with Gasteiger partial charge in [0.1, 0.15) is 34.8 Å². The van der Waals surface area contributed by atoms with Gasteiger partial charge in [-0.05, 0) is 95.5 Å². The molecule has 0 unspecified atom stereocenters. The van der Waals surface area contributed by atoms with Gasteiger partial charge in [0.15, 0.2) is 0 Å². The Balaban J connectivity index is 0.799. The average Bonchev–Trinajstić information content (AvgIpc) is 4.01. The van der Waals surface area contributed by atoms with Crippen molar-refractivity contribution in [2.45, 2.75) is 109 Å². The summed E-state index contributed by atoms with van der Waals surface area (Å²) in [6.07, 6.45) is 13.6. The highest BCUT2D eigenvalue weighted by Crippen LogP contribution is 2.38. The summed E-state index contributed by atoms with van der Waals surface area (Å²) in [6, 6.07) is 10.4. The second-order valence-corrected chi connectivity index (χ2v) is 19.1. The molecule has 0 radical (unpaired) electrons. The van der Waals surface area contributed by atoms with Crippen LogP contribution >= 0.6 is 0 Å². The standard InChI is InChI=1S/C49H58FN13O5/c1-4-48(47(67)55-31(2)3)13-19-60(20-14-48)41-9-5-32(26-52-41)44-45-33(25-51)27-54-63(45)30-39(57-44)34-28-53-62(29-34)36-11-17-61(18-12-36)43(65)24-49(68)15-21-59(22-16-49)40-8-6-35(23-37(40)50)56-38-7-10-42(64)58-46(38)66/h5-6,8-9,23,26-31,36,38,56,68H,4,7,10-22,24H2,1-3H3,(H,55,67)(H,58,64,66)/t38-/m1/s1. The third-order valence-corrected chi connectivity index (χ3v) is 14.4. The Bertz CT molecular complexity index is 2740. The number of piperidine rings is 4. The minimum atomic E-state index is -1.21. The number of nitriles is 1. The van der Waals surface area contributed by atoms with Gasteiger partial charge >= 0.3 is 0 Å². The molecule has 1 atom stereocenters. The minimum absolute atomic E-state index is 0.0130. The fourth-order valence-corrected chi connectivity index (χ4v) is 10.1. The topological polar surface area (TPSA) is 219 Å². The molecule has 4 N–H and O–H groups in total. The number of pyridine rings is 1. The molecule has 4 saturated heterocycles. The van der Waals surface area contributed by atoms with E-state index in [4.69, 9.17) is 15.1 Å². The van der Waals surface area contributed by atoms with Crippen molar-refractivity contribution in [2.75, 3.05) is 54.4 Å². The summed E-state index contributed by atoms with van der Waals surface area (Å²) in [7, 11) is 0. The highest BCUT2D eigenvalue weighted by molar-refractivity contribution is 6.01. The molecule has 4 fully saturated rings. The molecule has 8 heterocycles. The first kappa shape index (κ1) is 46.2. The molecule has 356 valence electrons. The van der Waals surface area contributed by atoms with E-state index in [-0.39, 0.29) is 48.1 Å². The maximum atomic E-state index is 15.3. The van der Waals surface area contributed by atoms with E-state index in [2.05, 4.69) is 38.9 Å². The number of imide groups is 1. The van der Waals surface area contributed by atoms with Crippen molar-refractivity contribution in [1.29, 1.82) is 5.26 Å². The van der Waals surface area contributed by atoms with E-state index >= 15 is 4.39 Å². The molecule has 0 bridgehead atoms. The molecule has 4 amide bonds. The van der Waals surface area contributed by atoms with E-state index in [1.54, 1.807) is 40.1 Å². The number of halogens is 1. The van der Waals surface area contributed by atoms with E-state index in [0.717, 1.165) is 36.2 Å². The number of nitrogens with one attached hydrogen (secondary N) is 3. The number of carbonyl (C=O) groups excluding carboxylic acids is 4. The molecule has 4 aromatic heterocycles. The normalized spacial score (nSPS) is 19.8. The lowest BCUT2D eigenvalue weighted by atomic mass is 9.75. The van der Waals surface area contributed by atoms with Gasteiger partial charge < -0.3 is 30.4 Å². The Hall–Kier alpha value is -6.94. The van der Waals surface area contributed by atoms with Gasteiger partial charge in [0.2, 0.25) is 23.6 Å². The van der Waals surface area contributed by atoms with Crippen LogP contribution in [-0.4, -0.2) is 120 Å². The molecule has 4 aliphatic rings. The number of fused-ring (bicyclic) bond motifs is 1. The first-order valence-corrected chi connectivity index (χ1v) is 23.7. The summed E-state index contributed by atoms with van der Waals surface area (Å²) < 4.78 is 18.9. The van der Waals surface area contributed by atoms with Gasteiger partial charge in [0.05, 0.1) is 59.1 Å². The molecule has 0 saturated carbocycles. The number of aliphatic hydroxyl groups is 1. The van der Waals surface area contributed by atoms with Crippen molar-refractivity contribution < 1.29 is 28.7 Å². The summed E-state index contributed by atoms with van der Waals surface area (Å²) in [6.45, 7) is 9.25. The lowest BCUT2D eigenvalue weighted by Crippen LogP contribution is -2.50. The molecular formula is C49H58FN13O5. The van der Waals surface area contributed by atoms with Crippen LogP contribution in [0.4, 0.5) is 21.6 Å². The van der Waals surface area contributed by atoms with Crippen LogP contribution in [0.25, 0.3) is 28.0 Å². The largest absolute Gasteiger partial charge is 0.389 e. The monoisotopic (exact) mass is 927 g/mol. The van der Waals surface area contributed by atoms with E-state index in [1.165, 1.54) is 12.3 Å². The zero-order valence-corrected chi connectivity index (χ0v) is 38.7. The quantitative estimate of drug-likeness (QED) is 0.121. The third-order valence-electron chi connectivity index (χ3n) is 14.4. The summed E-state index contributed by atoms with van der Waals surface area (Å²) in [5.74, 6) is -0.387. The molecule has 18 nitrogen and oxygen atoms in total. The average molecular weight is 928 g/mol. The SMILES string of the molecule is CCC1(C(=O)NC(C)C)CCN(c2ccc(-c3nc(-c4cnn(C5CCN(C(=O)CC6(O)CCN(c7ccc(N[C@@H]8CCC(=O)NC8=O)cc7F)CC6)CC5)c4)cn4ncc(C#N)c34)cn2)CC1. The Morgan fingerprint density at radius 3 is 2.35 bits per heavy atom. The van der Waals surface area contributed by atoms with Crippen LogP contribution in [0.3, 0.4) is 0 Å². The summed E-state index contributed by atoms with van der Waals surface area (Å²) in [4.78, 5) is 66.1. The highest BCUT2D eigenvalue weighted by Gasteiger charge is 2.41. The van der Waals surface area contributed by atoms with Crippen molar-refractivity contribution in [3.05, 3.63) is 72.7 Å². The molecule has 19 heteroatoms. The fourth-order valence-electron chi connectivity index (χ4n) is 10.1. The molecular weight excluding hydrogens is 870 g/mol. The molecule has 4 aliphatic heterocycles. The Kier molecular flexibility index (Phi) is 12.9. The van der Waals surface area contributed by atoms with E-state index < -0.39 is 23.4 Å². The van der Waals surface area contributed by atoms with Crippen LogP contribution in [0.15, 0.2) is 61.3 Å². The first-order valence-electron chi connectivity index (χ1n) is 23.7. The first-order chi connectivity index (χ1) is 32.7. The number of likely N-dealkylation sites (tertiary alicyclic amines) is 1. The van der Waals surface area contributed by atoms with Crippen molar-refractivity contribution in [2.24, 2.45) is 5.41 Å². The summed E-state index contributed by atoms with van der Waals surface area (Å²) in [5, 5.41) is 39.1. The van der Waals surface area contributed by atoms with Crippen LogP contribution < -0.4 is 25.8 Å². The number of aromatic nitrogens is 6. The van der Waals surface area contributed by atoms with Crippen molar-refractivity contribution >= 4 is 46.3 Å². The van der Waals surface area contributed by atoms with E-state index in [0.29, 0.717) is 105 Å². The zero-order chi connectivity index (χ0) is 47.7. The van der Waals surface area contributed by atoms with Gasteiger partial charge in [-0.1, -0.05) is 6.92 Å². The number of rotatable bonds is 12. The molecule has 0 spiro atoms. The zero-order valence-electron chi connectivity index (χ0n) is 38.7. The van der Waals surface area contributed by atoms with Gasteiger partial charge in [-0.25, -0.2) is 18.9 Å². The second kappa shape index (κ2) is 19.0. The number of anilines is 3. The number of hydrogen-bond donors (Lipinski definition) is 4. The van der Waals surface area contributed by atoms with E-state index in [9.17, 15) is 29.5 Å². The number of amides is 4. The van der Waals surface area contributed by atoms with Gasteiger partial charge in [-0.3, -0.25) is 29.2 Å². The van der Waals surface area contributed by atoms with Crippen LogP contribution in [0.2, 0.25) is 0 Å². The van der Waals surface area contributed by atoms with Gasteiger partial charge in [-0.2, -0.15) is 15.5 Å². The minimum Gasteiger partial charge on any atom is -0.389 e. The molecule has 9 rings (SSSR count). The molecule has 1 aromatic carbocycles. The van der Waals surface area contributed by atoms with E-state index in [1.807, 2.05) is 41.8 Å². The van der Waals surface area contributed by atoms with Crippen LogP contribution in [0.5, 0.6) is 0 Å². The van der Waals surface area contributed by atoms with Gasteiger partial charge in [0, 0.05) is 80.9 Å². The number of benzene rings is 1. The summed E-state index contributed by atoms with van der Waals surface area (Å²) >= 11 is 0. The number of carbonyl (C=O) groups is 4. The summed E-state index contributed by atoms with van der Waals surface area (Å²) in [5.41, 5.74) is 2.89. The van der Waals surface area contributed by atoms with Crippen molar-refractivity contribution in [1.82, 2.24) is 44.9 Å². The van der Waals surface area contributed by atoms with Crippen molar-refractivity contribution in [3.63, 3.8) is 0 Å². The smallest absolute Gasteiger partial charge is 0.249 e. The van der Waals surface area contributed by atoms with Gasteiger partial charge in [0.25, 0.3) is 0 Å². The lowest BCUT2D eigenvalue weighted by molar-refractivity contribution is -0.139. The maximum absolute atomic E-state index is 15.3. The molecule has 5 aromatic rings. The Morgan fingerprint density at radius 2 is 1.69 bits per heavy atom. The van der Waals surface area contributed by atoms with Gasteiger partial charge in [-0.15, -0.1) is 0 Å². The fraction of sp³-hybridized carbons (Fsp3) is 0.490. The second-order valence-electron chi connectivity index (χ2n) is 19.1.